The number of anilines is 4. The molecule has 3 aromatic rings. The molecule has 2 aliphatic heterocycles. The van der Waals surface area contributed by atoms with E-state index in [1.54, 1.807) is 35.1 Å². The van der Waals surface area contributed by atoms with Crippen LogP contribution in [0.4, 0.5) is 27.3 Å². The Morgan fingerprint density at radius 3 is 2.86 bits per heavy atom. The van der Waals surface area contributed by atoms with Crippen LogP contribution in [0.25, 0.3) is 0 Å². The zero-order chi connectivity index (χ0) is 25.2. The van der Waals surface area contributed by atoms with Gasteiger partial charge in [-0.05, 0) is 31.5 Å². The summed E-state index contributed by atoms with van der Waals surface area (Å²) in [5.41, 5.74) is 2.86. The first kappa shape index (κ1) is 23.7. The molecule has 0 radical (unpaired) electrons. The minimum absolute atomic E-state index is 0.0141. The highest BCUT2D eigenvalue weighted by Gasteiger charge is 2.26. The van der Waals surface area contributed by atoms with E-state index in [4.69, 9.17) is 0 Å². The van der Waals surface area contributed by atoms with Gasteiger partial charge in [0.25, 0.3) is 5.91 Å². The van der Waals surface area contributed by atoms with Gasteiger partial charge >= 0.3 is 0 Å². The molecular formula is C25H29FN8O2. The van der Waals surface area contributed by atoms with Crippen molar-refractivity contribution in [3.63, 3.8) is 0 Å². The average molecular weight is 493 g/mol. The molecule has 2 aliphatic rings. The minimum Gasteiger partial charge on any atom is -0.352 e. The Morgan fingerprint density at radius 1 is 1.19 bits per heavy atom. The second-order valence-corrected chi connectivity index (χ2v) is 9.16. The standard InChI is InChI=1S/C25H29FN8O2/c1-27-17-7-9-33(13-17)23(35)15-34-14-18(11-29-34)30-22-10-21(19(26)12-28-22)31-20-5-3-4-16-6-8-32(2)25(36)24(16)20/h3-5,10-12,14,17,27H,6-9,13,15H2,1-2H3,(H2,28,30,31). The lowest BCUT2D eigenvalue weighted by Gasteiger charge is -2.27. The minimum atomic E-state index is -0.540. The topological polar surface area (TPSA) is 107 Å². The zero-order valence-electron chi connectivity index (χ0n) is 20.3. The lowest BCUT2D eigenvalue weighted by molar-refractivity contribution is -0.131. The number of rotatable bonds is 7. The van der Waals surface area contributed by atoms with Gasteiger partial charge in [-0.15, -0.1) is 0 Å². The number of nitrogens with zero attached hydrogens (tertiary/aromatic N) is 5. The number of hydrogen-bond acceptors (Lipinski definition) is 7. The van der Waals surface area contributed by atoms with E-state index in [0.717, 1.165) is 31.1 Å². The van der Waals surface area contributed by atoms with E-state index in [2.05, 4.69) is 26.0 Å². The van der Waals surface area contributed by atoms with Crippen molar-refractivity contribution >= 4 is 34.7 Å². The Labute approximate surface area is 208 Å². The number of hydrogen-bond donors (Lipinski definition) is 3. The van der Waals surface area contributed by atoms with E-state index in [1.807, 2.05) is 24.1 Å². The second kappa shape index (κ2) is 9.94. The number of benzene rings is 1. The zero-order valence-corrected chi connectivity index (χ0v) is 20.3. The molecule has 5 rings (SSSR count). The van der Waals surface area contributed by atoms with Gasteiger partial charge < -0.3 is 25.8 Å². The van der Waals surface area contributed by atoms with Crippen LogP contribution < -0.4 is 16.0 Å². The highest BCUT2D eigenvalue weighted by molar-refractivity contribution is 6.02. The van der Waals surface area contributed by atoms with Gasteiger partial charge in [0.15, 0.2) is 5.82 Å². The van der Waals surface area contributed by atoms with E-state index in [9.17, 15) is 14.0 Å². The summed E-state index contributed by atoms with van der Waals surface area (Å²) in [4.78, 5) is 32.9. The predicted octanol–water partition coefficient (Wildman–Crippen LogP) is 2.35. The molecule has 4 heterocycles. The summed E-state index contributed by atoms with van der Waals surface area (Å²) < 4.78 is 16.2. The van der Waals surface area contributed by atoms with Crippen LogP contribution in [-0.4, -0.2) is 76.2 Å². The maximum atomic E-state index is 14.6. The maximum Gasteiger partial charge on any atom is 0.255 e. The number of likely N-dealkylation sites (N-methyl/N-ethyl adjacent to an activating group) is 2. The van der Waals surface area contributed by atoms with Crippen molar-refractivity contribution in [3.05, 3.63) is 59.8 Å². The van der Waals surface area contributed by atoms with E-state index in [-0.39, 0.29) is 24.0 Å². The summed E-state index contributed by atoms with van der Waals surface area (Å²) in [6, 6.07) is 7.41. The largest absolute Gasteiger partial charge is 0.352 e. The molecule has 3 N–H and O–H groups in total. The highest BCUT2D eigenvalue weighted by atomic mass is 19.1. The Kier molecular flexibility index (Phi) is 6.55. The normalized spacial score (nSPS) is 17.3. The van der Waals surface area contributed by atoms with Crippen molar-refractivity contribution in [2.45, 2.75) is 25.4 Å². The molecule has 0 saturated carbocycles. The van der Waals surface area contributed by atoms with Crippen molar-refractivity contribution in [2.24, 2.45) is 0 Å². The second-order valence-electron chi connectivity index (χ2n) is 9.16. The SMILES string of the molecule is CNC1CCN(C(=O)Cn2cc(Nc3cc(Nc4cccc5c4C(=O)N(C)CC5)c(F)cn3)cn2)C1. The molecule has 188 valence electrons. The Morgan fingerprint density at radius 2 is 2.06 bits per heavy atom. The number of nitrogens with one attached hydrogen (secondary N) is 3. The van der Waals surface area contributed by atoms with Crippen LogP contribution in [0.1, 0.15) is 22.3 Å². The molecule has 1 aromatic carbocycles. The fourth-order valence-electron chi connectivity index (χ4n) is 4.62. The molecular weight excluding hydrogens is 463 g/mol. The van der Waals surface area contributed by atoms with E-state index in [1.165, 1.54) is 6.07 Å². The Hall–Kier alpha value is -3.99. The van der Waals surface area contributed by atoms with Crippen LogP contribution in [0.5, 0.6) is 0 Å². The molecule has 0 aliphatic carbocycles. The molecule has 2 aromatic heterocycles. The lowest BCUT2D eigenvalue weighted by Crippen LogP contribution is -2.35. The fraction of sp³-hybridized carbons (Fsp3) is 0.360. The van der Waals surface area contributed by atoms with Crippen LogP contribution in [0.15, 0.2) is 42.9 Å². The molecule has 11 heteroatoms. The predicted molar refractivity (Wildman–Crippen MR) is 134 cm³/mol. The van der Waals surface area contributed by atoms with Gasteiger partial charge in [-0.25, -0.2) is 9.37 Å². The summed E-state index contributed by atoms with van der Waals surface area (Å²) in [5.74, 6) is -0.222. The van der Waals surface area contributed by atoms with Gasteiger partial charge in [-0.1, -0.05) is 12.1 Å². The van der Waals surface area contributed by atoms with Crippen molar-refractivity contribution in [3.8, 4) is 0 Å². The summed E-state index contributed by atoms with van der Waals surface area (Å²) in [6.07, 6.45) is 6.11. The third-order valence-corrected chi connectivity index (χ3v) is 6.70. The lowest BCUT2D eigenvalue weighted by atomic mass is 9.97. The molecule has 10 nitrogen and oxygen atoms in total. The van der Waals surface area contributed by atoms with Crippen LogP contribution in [0, 0.1) is 5.82 Å². The monoisotopic (exact) mass is 492 g/mol. The number of halogens is 1. The number of likely N-dealkylation sites (tertiary alicyclic amines) is 1. The molecule has 1 fully saturated rings. The van der Waals surface area contributed by atoms with Crippen LogP contribution >= 0.6 is 0 Å². The number of fused-ring (bicyclic) bond motifs is 1. The van der Waals surface area contributed by atoms with Gasteiger partial charge in [-0.3, -0.25) is 14.3 Å². The number of pyridine rings is 1. The van der Waals surface area contributed by atoms with Crippen LogP contribution in [-0.2, 0) is 17.8 Å². The molecule has 2 amide bonds. The maximum absolute atomic E-state index is 14.6. The first-order valence-electron chi connectivity index (χ1n) is 12.0. The van der Waals surface area contributed by atoms with Crippen LogP contribution in [0.2, 0.25) is 0 Å². The van der Waals surface area contributed by atoms with E-state index < -0.39 is 5.82 Å². The van der Waals surface area contributed by atoms with Crippen molar-refractivity contribution in [2.75, 3.05) is 44.4 Å². The third kappa shape index (κ3) is 4.87. The smallest absolute Gasteiger partial charge is 0.255 e. The average Bonchev–Trinajstić information content (AvgIpc) is 3.53. The number of carbonyl (C=O) groups is 2. The first-order chi connectivity index (χ1) is 17.4. The molecule has 1 unspecified atom stereocenters. The van der Waals surface area contributed by atoms with Gasteiger partial charge in [-0.2, -0.15) is 5.10 Å². The first-order valence-corrected chi connectivity index (χ1v) is 12.0. The van der Waals surface area contributed by atoms with Gasteiger partial charge in [0.05, 0.1) is 35.0 Å². The summed E-state index contributed by atoms with van der Waals surface area (Å²) in [5, 5.41) is 13.6. The van der Waals surface area contributed by atoms with Gasteiger partial charge in [0, 0.05) is 45.0 Å². The molecule has 1 atom stereocenters. The fourth-order valence-corrected chi connectivity index (χ4v) is 4.62. The van der Waals surface area contributed by atoms with Crippen molar-refractivity contribution in [1.82, 2.24) is 29.9 Å². The summed E-state index contributed by atoms with van der Waals surface area (Å²) in [6.45, 7) is 2.23. The van der Waals surface area contributed by atoms with Crippen LogP contribution in [0.3, 0.4) is 0 Å². The Balaban J connectivity index is 1.28. The van der Waals surface area contributed by atoms with Gasteiger partial charge in [0.2, 0.25) is 5.91 Å². The highest BCUT2D eigenvalue weighted by Crippen LogP contribution is 2.30. The summed E-state index contributed by atoms with van der Waals surface area (Å²) in [7, 11) is 3.66. The molecule has 0 bridgehead atoms. The third-order valence-electron chi connectivity index (χ3n) is 6.70. The number of carbonyl (C=O) groups excluding carboxylic acids is 2. The number of amides is 2. The molecule has 1 saturated heterocycles. The molecule has 0 spiro atoms. The van der Waals surface area contributed by atoms with Gasteiger partial charge in [0.1, 0.15) is 12.4 Å². The Bertz CT molecular complexity index is 1290. The van der Waals surface area contributed by atoms with E-state index in [0.29, 0.717) is 41.9 Å². The van der Waals surface area contributed by atoms with Crippen molar-refractivity contribution < 1.29 is 14.0 Å². The number of aromatic nitrogens is 3. The van der Waals surface area contributed by atoms with E-state index >= 15 is 0 Å². The van der Waals surface area contributed by atoms with Crippen molar-refractivity contribution in [1.29, 1.82) is 0 Å². The summed E-state index contributed by atoms with van der Waals surface area (Å²) >= 11 is 0. The quantitative estimate of drug-likeness (QED) is 0.465. The molecule has 36 heavy (non-hydrogen) atoms.